The van der Waals surface area contributed by atoms with Crippen molar-refractivity contribution in [1.82, 2.24) is 0 Å². The predicted molar refractivity (Wildman–Crippen MR) is 83.0 cm³/mol. The minimum Gasteiger partial charge on any atom is -0.466 e. The third kappa shape index (κ3) is 6.85. The van der Waals surface area contributed by atoms with E-state index in [9.17, 15) is 9.00 Å². The molecule has 1 aromatic rings. The zero-order chi connectivity index (χ0) is 14.8. The Morgan fingerprint density at radius 1 is 1.20 bits per heavy atom. The van der Waals surface area contributed by atoms with E-state index < -0.39 is 10.8 Å². The zero-order valence-corrected chi connectivity index (χ0v) is 13.2. The van der Waals surface area contributed by atoms with Crippen LogP contribution < -0.4 is 0 Å². The minimum atomic E-state index is -0.815. The molecule has 0 N–H and O–H groups in total. The van der Waals surface area contributed by atoms with Crippen molar-refractivity contribution in [1.29, 1.82) is 0 Å². The van der Waals surface area contributed by atoms with E-state index in [1.807, 2.05) is 38.1 Å². The molecule has 0 saturated carbocycles. The number of hydrogen-bond acceptors (Lipinski definition) is 3. The van der Waals surface area contributed by atoms with Crippen molar-refractivity contribution in [3.8, 4) is 0 Å². The lowest BCUT2D eigenvalue weighted by atomic mass is 10.1. The van der Waals surface area contributed by atoms with Crippen LogP contribution >= 0.6 is 0 Å². The fourth-order valence-corrected chi connectivity index (χ4v) is 3.30. The molecule has 20 heavy (non-hydrogen) atoms. The summed E-state index contributed by atoms with van der Waals surface area (Å²) in [4.78, 5) is 11.1. The Morgan fingerprint density at radius 2 is 1.95 bits per heavy atom. The first-order chi connectivity index (χ1) is 9.63. The van der Waals surface area contributed by atoms with Gasteiger partial charge < -0.3 is 4.74 Å². The van der Waals surface area contributed by atoms with Gasteiger partial charge in [0.25, 0.3) is 0 Å². The largest absolute Gasteiger partial charge is 0.466 e. The van der Waals surface area contributed by atoms with E-state index in [2.05, 4.69) is 0 Å². The van der Waals surface area contributed by atoms with Crippen LogP contribution in [0.3, 0.4) is 0 Å². The van der Waals surface area contributed by atoms with Crippen LogP contribution in [-0.2, 0) is 26.1 Å². The topological polar surface area (TPSA) is 43.4 Å². The molecule has 4 heteroatoms. The highest BCUT2D eigenvalue weighted by atomic mass is 32.2. The van der Waals surface area contributed by atoms with Gasteiger partial charge in [-0.3, -0.25) is 9.00 Å². The second-order valence-corrected chi connectivity index (χ2v) is 6.41. The van der Waals surface area contributed by atoms with Crippen LogP contribution in [0.1, 0.15) is 43.7 Å². The van der Waals surface area contributed by atoms with Crippen LogP contribution in [0.2, 0.25) is 0 Å². The van der Waals surface area contributed by atoms with Crippen LogP contribution in [-0.4, -0.2) is 22.5 Å². The Labute approximate surface area is 124 Å². The van der Waals surface area contributed by atoms with Gasteiger partial charge in [0.2, 0.25) is 0 Å². The quantitative estimate of drug-likeness (QED) is 0.518. The maximum atomic E-state index is 12.0. The van der Waals surface area contributed by atoms with E-state index in [0.717, 1.165) is 24.8 Å². The van der Waals surface area contributed by atoms with Crippen LogP contribution in [0.25, 0.3) is 0 Å². The molecule has 0 heterocycles. The van der Waals surface area contributed by atoms with Crippen molar-refractivity contribution in [2.45, 2.75) is 45.3 Å². The number of rotatable bonds is 9. The molecule has 0 aromatic heterocycles. The highest BCUT2D eigenvalue weighted by Gasteiger charge is 2.05. The van der Waals surface area contributed by atoms with Crippen molar-refractivity contribution >= 4 is 16.8 Å². The Morgan fingerprint density at radius 3 is 2.65 bits per heavy atom. The van der Waals surface area contributed by atoms with Gasteiger partial charge in [0, 0.05) is 28.7 Å². The summed E-state index contributed by atoms with van der Waals surface area (Å²) in [6.45, 7) is 4.30. The first kappa shape index (κ1) is 16.9. The number of carbonyl (C=O) groups excluding carboxylic acids is 1. The van der Waals surface area contributed by atoms with Gasteiger partial charge in [0.05, 0.1) is 6.61 Å². The molecular formula is C16H24O3S. The lowest BCUT2D eigenvalue weighted by Crippen LogP contribution is -2.05. The first-order valence-electron chi connectivity index (χ1n) is 7.18. The number of esters is 1. The molecule has 1 aromatic carbocycles. The Kier molecular flexibility index (Phi) is 8.19. The van der Waals surface area contributed by atoms with Gasteiger partial charge in [-0.25, -0.2) is 0 Å². The molecule has 0 bridgehead atoms. The summed E-state index contributed by atoms with van der Waals surface area (Å²) in [6.07, 6.45) is 3.12. The zero-order valence-electron chi connectivity index (χ0n) is 12.4. The van der Waals surface area contributed by atoms with E-state index in [4.69, 9.17) is 4.74 Å². The fourth-order valence-electron chi connectivity index (χ4n) is 1.96. The molecule has 0 aliphatic heterocycles. The number of carbonyl (C=O) groups is 1. The lowest BCUT2D eigenvalue weighted by molar-refractivity contribution is -0.143. The fraction of sp³-hybridized carbons (Fsp3) is 0.562. The van der Waals surface area contributed by atoms with E-state index in [0.29, 0.717) is 24.5 Å². The number of benzene rings is 1. The van der Waals surface area contributed by atoms with E-state index in [1.165, 1.54) is 5.56 Å². The minimum absolute atomic E-state index is 0.131. The van der Waals surface area contributed by atoms with Crippen molar-refractivity contribution in [3.05, 3.63) is 35.4 Å². The SMILES string of the molecule is CCOC(=O)CCCCCS(=O)Cc1ccccc1C. The van der Waals surface area contributed by atoms with Crippen molar-refractivity contribution in [2.24, 2.45) is 0 Å². The molecule has 0 saturated heterocycles. The van der Waals surface area contributed by atoms with Gasteiger partial charge in [-0.2, -0.15) is 0 Å². The monoisotopic (exact) mass is 296 g/mol. The second-order valence-electron chi connectivity index (χ2n) is 4.83. The summed E-state index contributed by atoms with van der Waals surface area (Å²) in [5.74, 6) is 1.20. The van der Waals surface area contributed by atoms with Crippen molar-refractivity contribution in [3.63, 3.8) is 0 Å². The average Bonchev–Trinajstić information content (AvgIpc) is 2.41. The highest BCUT2D eigenvalue weighted by molar-refractivity contribution is 7.84. The predicted octanol–water partition coefficient (Wildman–Crippen LogP) is 3.37. The summed E-state index contributed by atoms with van der Waals surface area (Å²) < 4.78 is 16.8. The van der Waals surface area contributed by atoms with Crippen LogP contribution in [0.15, 0.2) is 24.3 Å². The van der Waals surface area contributed by atoms with Crippen molar-refractivity contribution in [2.75, 3.05) is 12.4 Å². The maximum Gasteiger partial charge on any atom is 0.305 e. The number of hydrogen-bond donors (Lipinski definition) is 0. The van der Waals surface area contributed by atoms with Crippen molar-refractivity contribution < 1.29 is 13.7 Å². The summed E-state index contributed by atoms with van der Waals surface area (Å²) in [5, 5.41) is 0. The molecule has 0 aliphatic carbocycles. The maximum absolute atomic E-state index is 12.0. The molecule has 0 spiro atoms. The summed E-state index contributed by atoms with van der Waals surface area (Å²) >= 11 is 0. The standard InChI is InChI=1S/C16H24O3S/c1-3-19-16(17)11-5-4-8-12-20(18)13-15-10-7-6-9-14(15)2/h6-7,9-10H,3-5,8,11-13H2,1-2H3. The van der Waals surface area contributed by atoms with Gasteiger partial charge in [-0.15, -0.1) is 0 Å². The molecule has 1 unspecified atom stereocenters. The molecule has 0 radical (unpaired) electrons. The average molecular weight is 296 g/mol. The lowest BCUT2D eigenvalue weighted by Gasteiger charge is -2.06. The molecule has 0 aliphatic rings. The highest BCUT2D eigenvalue weighted by Crippen LogP contribution is 2.11. The molecule has 1 rings (SSSR count). The number of unbranched alkanes of at least 4 members (excludes halogenated alkanes) is 2. The number of aryl methyl sites for hydroxylation is 1. The third-order valence-corrected chi connectivity index (χ3v) is 4.51. The number of ether oxygens (including phenoxy) is 1. The smallest absolute Gasteiger partial charge is 0.305 e. The summed E-state index contributed by atoms with van der Waals surface area (Å²) in [7, 11) is -0.815. The first-order valence-corrected chi connectivity index (χ1v) is 8.67. The second kappa shape index (κ2) is 9.70. The normalized spacial score (nSPS) is 12.1. The Bertz CT molecular complexity index is 443. The molecule has 0 fully saturated rings. The molecule has 112 valence electrons. The van der Waals surface area contributed by atoms with Crippen LogP contribution in [0.5, 0.6) is 0 Å². The van der Waals surface area contributed by atoms with Crippen LogP contribution in [0, 0.1) is 6.92 Å². The van der Waals surface area contributed by atoms with Crippen LogP contribution in [0.4, 0.5) is 0 Å². The summed E-state index contributed by atoms with van der Waals surface area (Å²) in [6, 6.07) is 8.07. The van der Waals surface area contributed by atoms with Gasteiger partial charge in [-0.05, 0) is 37.8 Å². The molecule has 3 nitrogen and oxygen atoms in total. The van der Waals surface area contributed by atoms with Gasteiger partial charge in [0.1, 0.15) is 0 Å². The summed E-state index contributed by atoms with van der Waals surface area (Å²) in [5.41, 5.74) is 2.36. The molecular weight excluding hydrogens is 272 g/mol. The van der Waals surface area contributed by atoms with E-state index in [-0.39, 0.29) is 5.97 Å². The van der Waals surface area contributed by atoms with E-state index in [1.54, 1.807) is 0 Å². The van der Waals surface area contributed by atoms with E-state index >= 15 is 0 Å². The third-order valence-electron chi connectivity index (χ3n) is 3.14. The molecule has 1 atom stereocenters. The van der Waals surface area contributed by atoms with Gasteiger partial charge in [-0.1, -0.05) is 30.7 Å². The van der Waals surface area contributed by atoms with Gasteiger partial charge >= 0.3 is 5.97 Å². The Balaban J connectivity index is 2.15. The Hall–Kier alpha value is -1.16. The molecule has 0 amide bonds. The van der Waals surface area contributed by atoms with Gasteiger partial charge in [0.15, 0.2) is 0 Å².